The number of nitrogens with one attached hydrogen (secondary N) is 1. The fourth-order valence-corrected chi connectivity index (χ4v) is 3.31. The van der Waals surface area contributed by atoms with Gasteiger partial charge in [0.2, 0.25) is 5.91 Å². The lowest BCUT2D eigenvalue weighted by molar-refractivity contribution is -0.122. The fourth-order valence-electron chi connectivity index (χ4n) is 3.31. The molecule has 0 saturated carbocycles. The fraction of sp³-hybridized carbons (Fsp3) is 0.409. The maximum Gasteiger partial charge on any atom is 0.234 e. The summed E-state index contributed by atoms with van der Waals surface area (Å²) in [5.74, 6) is 0.898. The number of benzene rings is 2. The topological polar surface area (TPSA) is 44.8 Å². The summed E-state index contributed by atoms with van der Waals surface area (Å²) in [7, 11) is 0. The molecule has 5 nitrogen and oxygen atoms in total. The Kier molecular flexibility index (Phi) is 7.25. The number of carbonyl (C=O) groups excluding carboxylic acids is 1. The van der Waals surface area contributed by atoms with Crippen molar-refractivity contribution in [1.82, 2.24) is 15.1 Å². The van der Waals surface area contributed by atoms with E-state index in [0.29, 0.717) is 19.7 Å². The molecule has 2 aromatic rings. The number of ether oxygens (including phenoxy) is 1. The van der Waals surface area contributed by atoms with Crippen LogP contribution < -0.4 is 10.1 Å². The molecule has 1 heterocycles. The van der Waals surface area contributed by atoms with E-state index < -0.39 is 0 Å². The number of amides is 1. The van der Waals surface area contributed by atoms with E-state index in [1.165, 1.54) is 11.1 Å². The third-order valence-electron chi connectivity index (χ3n) is 4.76. The number of hydrogen-bond acceptors (Lipinski definition) is 4. The van der Waals surface area contributed by atoms with Crippen molar-refractivity contribution in [3.05, 3.63) is 65.7 Å². The number of para-hydroxylation sites is 1. The van der Waals surface area contributed by atoms with Gasteiger partial charge in [-0.15, -0.1) is 0 Å². The van der Waals surface area contributed by atoms with E-state index in [0.717, 1.165) is 38.5 Å². The van der Waals surface area contributed by atoms with Gasteiger partial charge in [0, 0.05) is 32.7 Å². The Morgan fingerprint density at radius 3 is 2.48 bits per heavy atom. The Balaban J connectivity index is 1.30. The predicted molar refractivity (Wildman–Crippen MR) is 108 cm³/mol. The van der Waals surface area contributed by atoms with Crippen LogP contribution >= 0.6 is 0 Å². The highest BCUT2D eigenvalue weighted by atomic mass is 16.5. The number of rotatable bonds is 8. The van der Waals surface area contributed by atoms with Crippen molar-refractivity contribution in [2.75, 3.05) is 45.9 Å². The van der Waals surface area contributed by atoms with E-state index in [2.05, 4.69) is 46.3 Å². The van der Waals surface area contributed by atoms with E-state index in [-0.39, 0.29) is 5.91 Å². The molecular weight excluding hydrogens is 338 g/mol. The maximum atomic E-state index is 12.1. The molecule has 1 aliphatic rings. The summed E-state index contributed by atoms with van der Waals surface area (Å²) in [5, 5.41) is 2.94. The van der Waals surface area contributed by atoms with Crippen LogP contribution in [0.2, 0.25) is 0 Å². The van der Waals surface area contributed by atoms with Crippen molar-refractivity contribution >= 4 is 5.91 Å². The van der Waals surface area contributed by atoms with Crippen LogP contribution in [0.1, 0.15) is 11.1 Å². The van der Waals surface area contributed by atoms with Crippen molar-refractivity contribution in [3.8, 4) is 5.75 Å². The quantitative estimate of drug-likeness (QED) is 0.728. The summed E-state index contributed by atoms with van der Waals surface area (Å²) in [6.45, 7) is 8.45. The summed E-state index contributed by atoms with van der Waals surface area (Å²) >= 11 is 0. The lowest BCUT2D eigenvalue weighted by atomic mass is 10.1. The van der Waals surface area contributed by atoms with Crippen LogP contribution in [0.15, 0.2) is 54.6 Å². The summed E-state index contributed by atoms with van der Waals surface area (Å²) in [6, 6.07) is 18.3. The number of carbonyl (C=O) groups is 1. The van der Waals surface area contributed by atoms with Gasteiger partial charge in [0.1, 0.15) is 12.4 Å². The zero-order chi connectivity index (χ0) is 18.9. The zero-order valence-corrected chi connectivity index (χ0v) is 16.1. The van der Waals surface area contributed by atoms with Crippen LogP contribution in [-0.4, -0.2) is 61.6 Å². The van der Waals surface area contributed by atoms with Crippen molar-refractivity contribution in [1.29, 1.82) is 0 Å². The van der Waals surface area contributed by atoms with Gasteiger partial charge in [-0.1, -0.05) is 48.0 Å². The molecule has 2 aromatic carbocycles. The molecule has 1 fully saturated rings. The summed E-state index contributed by atoms with van der Waals surface area (Å²) < 4.78 is 5.59. The van der Waals surface area contributed by atoms with Crippen LogP contribution in [0.25, 0.3) is 0 Å². The number of piperazine rings is 1. The largest absolute Gasteiger partial charge is 0.492 e. The van der Waals surface area contributed by atoms with Gasteiger partial charge in [0.05, 0.1) is 13.1 Å². The van der Waals surface area contributed by atoms with Gasteiger partial charge >= 0.3 is 0 Å². The van der Waals surface area contributed by atoms with E-state index in [9.17, 15) is 4.79 Å². The molecule has 0 unspecified atom stereocenters. The van der Waals surface area contributed by atoms with Crippen LogP contribution in [0.4, 0.5) is 0 Å². The second-order valence-electron chi connectivity index (χ2n) is 7.05. The molecule has 1 N–H and O–H groups in total. The smallest absolute Gasteiger partial charge is 0.234 e. The van der Waals surface area contributed by atoms with Gasteiger partial charge in [-0.05, 0) is 24.6 Å². The highest BCUT2D eigenvalue weighted by Gasteiger charge is 2.18. The summed E-state index contributed by atoms with van der Waals surface area (Å²) in [6.07, 6.45) is 0. The molecule has 144 valence electrons. The van der Waals surface area contributed by atoms with Crippen molar-refractivity contribution in [2.24, 2.45) is 0 Å². The monoisotopic (exact) mass is 367 g/mol. The standard InChI is InChI=1S/C22H29N3O2/c1-19-6-5-7-20(16-19)17-24-11-13-25(14-12-24)18-22(26)23-10-15-27-21-8-3-2-4-9-21/h2-9,16H,10-15,17-18H2,1H3,(H,23,26). The SMILES string of the molecule is Cc1cccc(CN2CCN(CC(=O)NCCOc3ccccc3)CC2)c1. The lowest BCUT2D eigenvalue weighted by Crippen LogP contribution is -2.49. The minimum Gasteiger partial charge on any atom is -0.492 e. The van der Waals surface area contributed by atoms with Crippen LogP contribution in [0.3, 0.4) is 0 Å². The van der Waals surface area contributed by atoms with Gasteiger partial charge in [-0.25, -0.2) is 0 Å². The average molecular weight is 367 g/mol. The molecule has 0 aliphatic carbocycles. The second-order valence-corrected chi connectivity index (χ2v) is 7.05. The van der Waals surface area contributed by atoms with Crippen LogP contribution in [0.5, 0.6) is 5.75 Å². The zero-order valence-electron chi connectivity index (χ0n) is 16.1. The lowest BCUT2D eigenvalue weighted by Gasteiger charge is -2.34. The second kappa shape index (κ2) is 10.1. The first-order valence-electron chi connectivity index (χ1n) is 9.64. The Morgan fingerprint density at radius 1 is 1.00 bits per heavy atom. The molecule has 1 saturated heterocycles. The Morgan fingerprint density at radius 2 is 1.74 bits per heavy atom. The Bertz CT molecular complexity index is 713. The molecule has 27 heavy (non-hydrogen) atoms. The van der Waals surface area contributed by atoms with Gasteiger partial charge in [0.15, 0.2) is 0 Å². The first kappa shape index (κ1) is 19.4. The Labute approximate surface area is 161 Å². The van der Waals surface area contributed by atoms with E-state index in [1.807, 2.05) is 30.3 Å². The molecule has 0 radical (unpaired) electrons. The Hall–Kier alpha value is -2.37. The van der Waals surface area contributed by atoms with Crippen LogP contribution in [-0.2, 0) is 11.3 Å². The molecule has 5 heteroatoms. The molecule has 0 spiro atoms. The minimum absolute atomic E-state index is 0.0683. The molecule has 1 aliphatic heterocycles. The molecule has 1 amide bonds. The summed E-state index contributed by atoms with van der Waals surface area (Å²) in [5.41, 5.74) is 2.67. The maximum absolute atomic E-state index is 12.1. The highest BCUT2D eigenvalue weighted by molar-refractivity contribution is 5.78. The highest BCUT2D eigenvalue weighted by Crippen LogP contribution is 2.10. The van der Waals surface area contributed by atoms with Crippen molar-refractivity contribution in [3.63, 3.8) is 0 Å². The van der Waals surface area contributed by atoms with Gasteiger partial charge < -0.3 is 10.1 Å². The van der Waals surface area contributed by atoms with Gasteiger partial charge in [0.25, 0.3) is 0 Å². The number of hydrogen-bond donors (Lipinski definition) is 1. The molecule has 3 rings (SSSR count). The molecule has 0 aromatic heterocycles. The first-order valence-corrected chi connectivity index (χ1v) is 9.64. The van der Waals surface area contributed by atoms with Crippen molar-refractivity contribution < 1.29 is 9.53 Å². The third-order valence-corrected chi connectivity index (χ3v) is 4.76. The van der Waals surface area contributed by atoms with Crippen molar-refractivity contribution in [2.45, 2.75) is 13.5 Å². The van der Waals surface area contributed by atoms with Gasteiger partial charge in [-0.2, -0.15) is 0 Å². The molecule has 0 atom stereocenters. The minimum atomic E-state index is 0.0683. The number of aryl methyl sites for hydroxylation is 1. The van der Waals surface area contributed by atoms with Gasteiger partial charge in [-0.3, -0.25) is 14.6 Å². The summed E-state index contributed by atoms with van der Waals surface area (Å²) in [4.78, 5) is 16.8. The van der Waals surface area contributed by atoms with E-state index in [1.54, 1.807) is 0 Å². The van der Waals surface area contributed by atoms with E-state index >= 15 is 0 Å². The van der Waals surface area contributed by atoms with E-state index in [4.69, 9.17) is 4.74 Å². The average Bonchev–Trinajstić information content (AvgIpc) is 2.68. The predicted octanol–water partition coefficient (Wildman–Crippen LogP) is 2.31. The normalized spacial score (nSPS) is 15.4. The molecular formula is C22H29N3O2. The third kappa shape index (κ3) is 6.70. The number of nitrogens with zero attached hydrogens (tertiary/aromatic N) is 2. The first-order chi connectivity index (χ1) is 13.2. The molecule has 0 bridgehead atoms. The van der Waals surface area contributed by atoms with Crippen LogP contribution in [0, 0.1) is 6.92 Å².